The number of fused-ring (bicyclic) bond motifs is 1. The van der Waals surface area contributed by atoms with Crippen molar-refractivity contribution in [3.8, 4) is 0 Å². The lowest BCUT2D eigenvalue weighted by molar-refractivity contribution is -0.165. The Hall–Kier alpha value is -0.120. The molecule has 2 aliphatic rings. The first-order valence-corrected chi connectivity index (χ1v) is 6.43. The van der Waals surface area contributed by atoms with Crippen LogP contribution in [0.2, 0.25) is 0 Å². The molecule has 0 aromatic heterocycles. The molecule has 0 aromatic rings. The average molecular weight is 227 g/mol. The third-order valence-corrected chi connectivity index (χ3v) is 3.68. The van der Waals surface area contributed by atoms with Crippen molar-refractivity contribution in [2.75, 3.05) is 6.54 Å². The van der Waals surface area contributed by atoms with Crippen LogP contribution in [-0.2, 0) is 9.47 Å². The molecule has 0 bridgehead atoms. The first-order valence-electron chi connectivity index (χ1n) is 6.43. The molecule has 2 aliphatic heterocycles. The summed E-state index contributed by atoms with van der Waals surface area (Å²) in [5.74, 6) is 0.209. The summed E-state index contributed by atoms with van der Waals surface area (Å²) >= 11 is 0. The molecule has 0 aliphatic carbocycles. The molecule has 2 fully saturated rings. The van der Waals surface area contributed by atoms with Crippen molar-refractivity contribution >= 4 is 0 Å². The van der Waals surface area contributed by atoms with Gasteiger partial charge in [-0.15, -0.1) is 0 Å². The van der Waals surface area contributed by atoms with E-state index in [4.69, 9.17) is 9.47 Å². The number of ether oxygens (including phenoxy) is 2. The van der Waals surface area contributed by atoms with Gasteiger partial charge in [-0.25, -0.2) is 0 Å². The predicted octanol–water partition coefficient (Wildman–Crippen LogP) is 2.26. The van der Waals surface area contributed by atoms with E-state index in [2.05, 4.69) is 32.6 Å². The normalized spacial score (nSPS) is 38.6. The minimum Gasteiger partial charge on any atom is -0.343 e. The quantitative estimate of drug-likeness (QED) is 0.722. The van der Waals surface area contributed by atoms with E-state index in [-0.39, 0.29) is 12.2 Å². The Morgan fingerprint density at radius 3 is 2.25 bits per heavy atom. The van der Waals surface area contributed by atoms with Crippen LogP contribution in [0.3, 0.4) is 0 Å². The fraction of sp³-hybridized carbons (Fsp3) is 1.00. The van der Waals surface area contributed by atoms with Crippen LogP contribution in [0.4, 0.5) is 0 Å². The van der Waals surface area contributed by atoms with Gasteiger partial charge in [-0.3, -0.25) is 4.90 Å². The third-order valence-electron chi connectivity index (χ3n) is 3.68. The van der Waals surface area contributed by atoms with Crippen molar-refractivity contribution in [1.82, 2.24) is 4.90 Å². The van der Waals surface area contributed by atoms with Crippen LogP contribution in [0, 0.1) is 5.92 Å². The minimum absolute atomic E-state index is 0.248. The van der Waals surface area contributed by atoms with E-state index in [0.29, 0.717) is 18.0 Å². The van der Waals surface area contributed by atoms with Crippen LogP contribution in [0.1, 0.15) is 41.5 Å². The summed E-state index contributed by atoms with van der Waals surface area (Å²) in [7, 11) is 0. The Morgan fingerprint density at radius 1 is 1.12 bits per heavy atom. The summed E-state index contributed by atoms with van der Waals surface area (Å²) in [6.45, 7) is 14.1. The van der Waals surface area contributed by atoms with Crippen LogP contribution < -0.4 is 0 Å². The number of hydrogen-bond acceptors (Lipinski definition) is 3. The zero-order valence-corrected chi connectivity index (χ0v) is 11.4. The first-order chi connectivity index (χ1) is 7.32. The molecular formula is C13H25NO2. The highest BCUT2D eigenvalue weighted by Gasteiger charge is 2.53. The molecule has 0 radical (unpaired) electrons. The smallest absolute Gasteiger partial charge is 0.163 e. The Bertz CT molecular complexity index is 263. The molecule has 2 rings (SSSR count). The van der Waals surface area contributed by atoms with Crippen LogP contribution in [-0.4, -0.2) is 41.5 Å². The summed E-state index contributed by atoms with van der Waals surface area (Å²) in [6, 6.07) is 1.06. The second-order valence-electron chi connectivity index (χ2n) is 6.16. The van der Waals surface area contributed by atoms with E-state index < -0.39 is 5.79 Å². The van der Waals surface area contributed by atoms with Gasteiger partial charge in [-0.05, 0) is 33.6 Å². The molecule has 94 valence electrons. The Labute approximate surface area is 99.1 Å². The predicted molar refractivity (Wildman–Crippen MR) is 64.3 cm³/mol. The van der Waals surface area contributed by atoms with Crippen LogP contribution in [0.15, 0.2) is 0 Å². The minimum atomic E-state index is -0.397. The van der Waals surface area contributed by atoms with Gasteiger partial charge in [0.2, 0.25) is 0 Å². The third kappa shape index (κ3) is 2.01. The Kier molecular flexibility index (Phi) is 3.06. The lowest BCUT2D eigenvalue weighted by atomic mass is 9.98. The van der Waals surface area contributed by atoms with Crippen molar-refractivity contribution in [1.29, 1.82) is 0 Å². The van der Waals surface area contributed by atoms with E-state index in [0.717, 1.165) is 6.54 Å². The standard InChI is InChI=1S/C13H25NO2/c1-8(2)11-12-10(7-14(11)9(3)4)15-13(5,6)16-12/h8-12H,7H2,1-6H3. The summed E-state index contributed by atoms with van der Waals surface area (Å²) < 4.78 is 12.0. The van der Waals surface area contributed by atoms with Gasteiger partial charge in [0.05, 0.1) is 0 Å². The van der Waals surface area contributed by atoms with Crippen molar-refractivity contribution in [3.63, 3.8) is 0 Å². The summed E-state index contributed by atoms with van der Waals surface area (Å²) in [6.07, 6.45) is 0.502. The number of likely N-dealkylation sites (tertiary alicyclic amines) is 1. The van der Waals surface area contributed by atoms with Crippen molar-refractivity contribution < 1.29 is 9.47 Å². The van der Waals surface area contributed by atoms with Gasteiger partial charge >= 0.3 is 0 Å². The molecule has 0 saturated carbocycles. The van der Waals surface area contributed by atoms with E-state index >= 15 is 0 Å². The highest BCUT2D eigenvalue weighted by atomic mass is 16.8. The molecule has 0 amide bonds. The van der Waals surface area contributed by atoms with E-state index in [1.54, 1.807) is 0 Å². The maximum atomic E-state index is 6.06. The zero-order chi connectivity index (χ0) is 12.1. The molecule has 3 atom stereocenters. The first kappa shape index (κ1) is 12.3. The van der Waals surface area contributed by atoms with Crippen molar-refractivity contribution in [3.05, 3.63) is 0 Å². The SMILES string of the molecule is CC(C)C1C2OC(C)(C)OC2CN1C(C)C. The lowest BCUT2D eigenvalue weighted by Gasteiger charge is -2.34. The van der Waals surface area contributed by atoms with Crippen LogP contribution >= 0.6 is 0 Å². The van der Waals surface area contributed by atoms with Crippen molar-refractivity contribution in [2.24, 2.45) is 5.92 Å². The van der Waals surface area contributed by atoms with Crippen LogP contribution in [0.5, 0.6) is 0 Å². The molecule has 3 nitrogen and oxygen atoms in total. The van der Waals surface area contributed by atoms with E-state index in [1.165, 1.54) is 0 Å². The summed E-state index contributed by atoms with van der Waals surface area (Å²) in [4.78, 5) is 2.52. The zero-order valence-electron chi connectivity index (χ0n) is 11.4. The summed E-state index contributed by atoms with van der Waals surface area (Å²) in [5, 5.41) is 0. The molecule has 0 aromatic carbocycles. The van der Waals surface area contributed by atoms with E-state index in [9.17, 15) is 0 Å². The fourth-order valence-electron chi connectivity index (χ4n) is 3.13. The van der Waals surface area contributed by atoms with Gasteiger partial charge in [0.1, 0.15) is 12.2 Å². The maximum Gasteiger partial charge on any atom is 0.163 e. The number of hydrogen-bond donors (Lipinski definition) is 0. The van der Waals surface area contributed by atoms with Gasteiger partial charge in [0, 0.05) is 18.6 Å². The Morgan fingerprint density at radius 2 is 1.75 bits per heavy atom. The summed E-state index contributed by atoms with van der Waals surface area (Å²) in [5.41, 5.74) is 0. The fourth-order valence-corrected chi connectivity index (χ4v) is 3.13. The van der Waals surface area contributed by atoms with Gasteiger partial charge in [-0.2, -0.15) is 0 Å². The molecular weight excluding hydrogens is 202 g/mol. The van der Waals surface area contributed by atoms with Gasteiger partial charge in [-0.1, -0.05) is 13.8 Å². The molecule has 3 heteroatoms. The molecule has 2 saturated heterocycles. The lowest BCUT2D eigenvalue weighted by Crippen LogP contribution is -2.45. The molecule has 0 N–H and O–H groups in total. The molecule has 2 heterocycles. The monoisotopic (exact) mass is 227 g/mol. The highest BCUT2D eigenvalue weighted by Crippen LogP contribution is 2.39. The number of rotatable bonds is 2. The largest absolute Gasteiger partial charge is 0.343 e. The van der Waals surface area contributed by atoms with Gasteiger partial charge in [0.15, 0.2) is 5.79 Å². The van der Waals surface area contributed by atoms with Gasteiger partial charge in [0.25, 0.3) is 0 Å². The average Bonchev–Trinajstić information content (AvgIpc) is 2.54. The molecule has 3 unspecified atom stereocenters. The second-order valence-corrected chi connectivity index (χ2v) is 6.16. The second kappa shape index (κ2) is 3.97. The molecule has 16 heavy (non-hydrogen) atoms. The highest BCUT2D eigenvalue weighted by molar-refractivity contribution is 5.01. The Balaban J connectivity index is 2.17. The maximum absolute atomic E-state index is 6.06. The van der Waals surface area contributed by atoms with Crippen molar-refractivity contribution in [2.45, 2.75) is 71.6 Å². The number of nitrogens with zero attached hydrogens (tertiary/aromatic N) is 1. The van der Waals surface area contributed by atoms with Gasteiger partial charge < -0.3 is 9.47 Å². The van der Waals surface area contributed by atoms with Crippen LogP contribution in [0.25, 0.3) is 0 Å². The van der Waals surface area contributed by atoms with E-state index in [1.807, 2.05) is 13.8 Å². The molecule has 0 spiro atoms. The topological polar surface area (TPSA) is 21.7 Å².